The van der Waals surface area contributed by atoms with E-state index in [0.717, 1.165) is 15.7 Å². The molecule has 0 radical (unpaired) electrons. The summed E-state index contributed by atoms with van der Waals surface area (Å²) in [6.45, 7) is 0.247. The molecule has 0 saturated carbocycles. The van der Waals surface area contributed by atoms with Crippen molar-refractivity contribution in [3.8, 4) is 11.3 Å². The molecule has 0 aliphatic rings. The minimum Gasteiger partial charge on any atom is -1.00 e. The summed E-state index contributed by atoms with van der Waals surface area (Å²) in [5, 5.41) is 0.656. The standard InChI is InChI=1S/C18H13BrClN2O.BrH/c19-14-7-5-13(6-8-14)18(23)11-22-10-9-17(21-12-22)15-3-1-2-4-16(15)20;/h1-10,12H,11H2;1H/q+1;/p-1. The lowest BCUT2D eigenvalue weighted by Gasteiger charge is -2.02. The Kier molecular flexibility index (Phi) is 6.66. The predicted molar refractivity (Wildman–Crippen MR) is 93.4 cm³/mol. The Bertz CT molecular complexity index is 836. The zero-order valence-electron chi connectivity index (χ0n) is 12.5. The molecule has 0 aliphatic heterocycles. The molecule has 0 spiro atoms. The van der Waals surface area contributed by atoms with Gasteiger partial charge in [0.05, 0.1) is 11.2 Å². The molecule has 0 atom stereocenters. The van der Waals surface area contributed by atoms with Crippen molar-refractivity contribution in [2.24, 2.45) is 0 Å². The summed E-state index contributed by atoms with van der Waals surface area (Å²) < 4.78 is 2.71. The Morgan fingerprint density at radius 3 is 2.42 bits per heavy atom. The van der Waals surface area contributed by atoms with Crippen molar-refractivity contribution in [1.82, 2.24) is 4.98 Å². The van der Waals surface area contributed by atoms with Crippen LogP contribution in [-0.4, -0.2) is 10.8 Å². The normalized spacial score (nSPS) is 10.1. The van der Waals surface area contributed by atoms with Crippen LogP contribution in [-0.2, 0) is 6.54 Å². The first-order chi connectivity index (χ1) is 11.1. The van der Waals surface area contributed by atoms with Gasteiger partial charge in [-0.1, -0.05) is 51.8 Å². The molecule has 2 aromatic carbocycles. The second-order valence-electron chi connectivity index (χ2n) is 5.03. The van der Waals surface area contributed by atoms with Crippen molar-refractivity contribution < 1.29 is 26.3 Å². The van der Waals surface area contributed by atoms with E-state index in [2.05, 4.69) is 20.9 Å². The Morgan fingerprint density at radius 2 is 1.79 bits per heavy atom. The molecule has 6 heteroatoms. The summed E-state index contributed by atoms with van der Waals surface area (Å²) in [5.74, 6) is 0.0368. The maximum absolute atomic E-state index is 12.2. The summed E-state index contributed by atoms with van der Waals surface area (Å²) in [4.78, 5) is 16.6. The van der Waals surface area contributed by atoms with E-state index in [9.17, 15) is 4.79 Å². The molecular formula is C18H13Br2ClN2O. The van der Waals surface area contributed by atoms with Crippen molar-refractivity contribution >= 4 is 33.3 Å². The minimum atomic E-state index is 0. The van der Waals surface area contributed by atoms with E-state index in [4.69, 9.17) is 11.6 Å². The Labute approximate surface area is 164 Å². The van der Waals surface area contributed by atoms with Crippen LogP contribution in [0.3, 0.4) is 0 Å². The smallest absolute Gasteiger partial charge is 0.287 e. The maximum atomic E-state index is 12.2. The number of aromatic nitrogens is 2. The van der Waals surface area contributed by atoms with Gasteiger partial charge in [0.15, 0.2) is 12.2 Å². The molecule has 0 unspecified atom stereocenters. The second-order valence-corrected chi connectivity index (χ2v) is 6.35. The third-order valence-electron chi connectivity index (χ3n) is 3.41. The fourth-order valence-electron chi connectivity index (χ4n) is 2.20. The maximum Gasteiger partial charge on any atom is 0.287 e. The van der Waals surface area contributed by atoms with Crippen LogP contribution in [0.15, 0.2) is 71.6 Å². The number of ketones is 1. The Morgan fingerprint density at radius 1 is 1.08 bits per heavy atom. The molecule has 24 heavy (non-hydrogen) atoms. The number of benzene rings is 2. The van der Waals surface area contributed by atoms with Gasteiger partial charge in [0.2, 0.25) is 5.78 Å². The first-order valence-corrected chi connectivity index (χ1v) is 8.19. The third kappa shape index (κ3) is 4.50. The van der Waals surface area contributed by atoms with Crippen LogP contribution in [0.2, 0.25) is 5.02 Å². The zero-order valence-corrected chi connectivity index (χ0v) is 16.4. The fraction of sp³-hybridized carbons (Fsp3) is 0.0556. The molecule has 0 amide bonds. The molecule has 122 valence electrons. The number of halogens is 3. The summed E-state index contributed by atoms with van der Waals surface area (Å²) in [6.07, 6.45) is 3.48. The average molecular weight is 469 g/mol. The fourth-order valence-corrected chi connectivity index (χ4v) is 2.70. The summed E-state index contributed by atoms with van der Waals surface area (Å²) >= 11 is 9.53. The minimum absolute atomic E-state index is 0. The monoisotopic (exact) mass is 466 g/mol. The number of hydrogen-bond donors (Lipinski definition) is 0. The van der Waals surface area contributed by atoms with Crippen LogP contribution >= 0.6 is 27.5 Å². The highest BCUT2D eigenvalue weighted by Crippen LogP contribution is 2.24. The van der Waals surface area contributed by atoms with Gasteiger partial charge in [0.25, 0.3) is 6.33 Å². The van der Waals surface area contributed by atoms with Crippen LogP contribution in [0, 0.1) is 0 Å². The molecule has 0 fully saturated rings. The van der Waals surface area contributed by atoms with E-state index in [1.165, 1.54) is 0 Å². The van der Waals surface area contributed by atoms with Gasteiger partial charge in [0, 0.05) is 21.7 Å². The number of rotatable bonds is 4. The van der Waals surface area contributed by atoms with E-state index < -0.39 is 0 Å². The van der Waals surface area contributed by atoms with E-state index >= 15 is 0 Å². The van der Waals surface area contributed by atoms with Crippen molar-refractivity contribution in [1.29, 1.82) is 0 Å². The largest absolute Gasteiger partial charge is 1.00 e. The summed E-state index contributed by atoms with van der Waals surface area (Å²) in [6, 6.07) is 16.7. The Hall–Kier alpha value is -1.56. The van der Waals surface area contributed by atoms with Gasteiger partial charge < -0.3 is 17.0 Å². The van der Waals surface area contributed by atoms with Crippen LogP contribution in [0.1, 0.15) is 10.4 Å². The van der Waals surface area contributed by atoms with Crippen LogP contribution in [0.5, 0.6) is 0 Å². The van der Waals surface area contributed by atoms with E-state index in [-0.39, 0.29) is 29.3 Å². The molecule has 0 N–H and O–H groups in total. The van der Waals surface area contributed by atoms with Gasteiger partial charge >= 0.3 is 0 Å². The van der Waals surface area contributed by atoms with Crippen LogP contribution in [0.4, 0.5) is 0 Å². The number of carbonyl (C=O) groups is 1. The Balaban J connectivity index is 0.00000208. The van der Waals surface area contributed by atoms with Crippen molar-refractivity contribution in [2.75, 3.05) is 0 Å². The predicted octanol–water partition coefficient (Wildman–Crippen LogP) is 1.34. The lowest BCUT2D eigenvalue weighted by Crippen LogP contribution is -3.00. The summed E-state index contributed by atoms with van der Waals surface area (Å²) in [5.41, 5.74) is 2.33. The number of hydrogen-bond acceptors (Lipinski definition) is 2. The molecule has 1 heterocycles. The van der Waals surface area contributed by atoms with Gasteiger partial charge in [-0.25, -0.2) is 4.57 Å². The highest BCUT2D eigenvalue weighted by molar-refractivity contribution is 9.10. The molecule has 1 aromatic heterocycles. The molecule has 0 saturated heterocycles. The lowest BCUT2D eigenvalue weighted by molar-refractivity contribution is -0.686. The van der Waals surface area contributed by atoms with Gasteiger partial charge in [-0.05, 0) is 29.2 Å². The highest BCUT2D eigenvalue weighted by atomic mass is 79.9. The molecule has 0 bridgehead atoms. The number of Topliss-reactive ketones (excluding diaryl/α,β-unsaturated/α-hetero) is 1. The highest BCUT2D eigenvalue weighted by Gasteiger charge is 2.13. The second kappa shape index (κ2) is 8.51. The lowest BCUT2D eigenvalue weighted by atomic mass is 10.1. The van der Waals surface area contributed by atoms with Gasteiger partial charge in [-0.2, -0.15) is 0 Å². The van der Waals surface area contributed by atoms with Crippen molar-refractivity contribution in [3.63, 3.8) is 0 Å². The molecular weight excluding hydrogens is 455 g/mol. The molecule has 3 nitrogen and oxygen atoms in total. The van der Waals surface area contributed by atoms with Crippen LogP contribution in [0.25, 0.3) is 11.3 Å². The van der Waals surface area contributed by atoms with Gasteiger partial charge in [-0.15, -0.1) is 0 Å². The first-order valence-electron chi connectivity index (χ1n) is 7.02. The van der Waals surface area contributed by atoms with Gasteiger partial charge in [0.1, 0.15) is 0 Å². The van der Waals surface area contributed by atoms with E-state index in [0.29, 0.717) is 10.6 Å². The van der Waals surface area contributed by atoms with E-state index in [1.54, 1.807) is 23.0 Å². The third-order valence-corrected chi connectivity index (χ3v) is 4.27. The number of nitrogens with zero attached hydrogens (tertiary/aromatic N) is 2. The molecule has 3 aromatic rings. The van der Waals surface area contributed by atoms with Crippen LogP contribution < -0.4 is 21.5 Å². The quantitative estimate of drug-likeness (QED) is 0.428. The topological polar surface area (TPSA) is 33.8 Å². The zero-order chi connectivity index (χ0) is 16.2. The van der Waals surface area contributed by atoms with Crippen molar-refractivity contribution in [2.45, 2.75) is 6.54 Å². The molecule has 0 aliphatic carbocycles. The molecule has 3 rings (SSSR count). The average Bonchev–Trinajstić information content (AvgIpc) is 2.57. The summed E-state index contributed by atoms with van der Waals surface area (Å²) in [7, 11) is 0. The van der Waals surface area contributed by atoms with Crippen molar-refractivity contribution in [3.05, 3.63) is 82.2 Å². The SMILES string of the molecule is O=C(C[n+]1ccc(-c2ccccc2Cl)nc1)c1ccc(Br)cc1.[Br-]. The first kappa shape index (κ1) is 18.8. The van der Waals surface area contributed by atoms with E-state index in [1.807, 2.05) is 48.7 Å². The van der Waals surface area contributed by atoms with Gasteiger partial charge in [-0.3, -0.25) is 4.79 Å². The number of carbonyl (C=O) groups excluding carboxylic acids is 1.